The normalized spacial score (nSPS) is 11.2. The first kappa shape index (κ1) is 16.7. The molecule has 0 radical (unpaired) electrons. The smallest absolute Gasteiger partial charge is 0.273 e. The first-order chi connectivity index (χ1) is 12.0. The first-order valence-electron chi connectivity index (χ1n) is 7.75. The summed E-state index contributed by atoms with van der Waals surface area (Å²) in [6, 6.07) is 7.56. The molecule has 8 nitrogen and oxygen atoms in total. The number of methoxy groups -OCH3 is 2. The number of hydrogen-bond acceptors (Lipinski definition) is 6. The monoisotopic (exact) mass is 340 g/mol. The van der Waals surface area contributed by atoms with Crippen molar-refractivity contribution in [2.45, 2.75) is 20.8 Å². The van der Waals surface area contributed by atoms with E-state index in [0.29, 0.717) is 23.3 Å². The molecule has 0 bridgehead atoms. The van der Waals surface area contributed by atoms with Gasteiger partial charge in [-0.05, 0) is 50.6 Å². The van der Waals surface area contributed by atoms with Crippen LogP contribution in [0, 0.1) is 20.8 Å². The zero-order valence-electron chi connectivity index (χ0n) is 14.9. The number of aryl methyl sites for hydroxylation is 3. The van der Waals surface area contributed by atoms with Gasteiger partial charge in [-0.25, -0.2) is 4.68 Å². The molecule has 3 aromatic rings. The van der Waals surface area contributed by atoms with E-state index in [9.17, 15) is 0 Å². The minimum absolute atomic E-state index is 0.542. The number of benzene rings is 1. The molecule has 130 valence electrons. The van der Waals surface area contributed by atoms with Gasteiger partial charge in [-0.1, -0.05) is 0 Å². The molecule has 0 aliphatic rings. The highest BCUT2D eigenvalue weighted by Gasteiger charge is 2.13. The number of ether oxygens (including phenoxy) is 2. The van der Waals surface area contributed by atoms with Crippen molar-refractivity contribution >= 4 is 6.21 Å². The van der Waals surface area contributed by atoms with Crippen LogP contribution in [0.3, 0.4) is 0 Å². The number of hydrogen-bond donors (Lipinski definition) is 0. The summed E-state index contributed by atoms with van der Waals surface area (Å²) < 4.78 is 13.9. The van der Waals surface area contributed by atoms with E-state index >= 15 is 0 Å². The van der Waals surface area contributed by atoms with Crippen molar-refractivity contribution < 1.29 is 9.47 Å². The average Bonchev–Trinajstić information content (AvgIpc) is 3.13. The highest BCUT2D eigenvalue weighted by molar-refractivity contribution is 5.80. The molecule has 25 heavy (non-hydrogen) atoms. The summed E-state index contributed by atoms with van der Waals surface area (Å²) in [7, 11) is 3.20. The molecule has 2 aromatic heterocycles. The zero-order valence-corrected chi connectivity index (χ0v) is 14.9. The maximum atomic E-state index is 5.32. The van der Waals surface area contributed by atoms with Crippen LogP contribution in [-0.2, 0) is 0 Å². The van der Waals surface area contributed by atoms with Gasteiger partial charge in [0.2, 0.25) is 0 Å². The second kappa shape index (κ2) is 6.76. The Morgan fingerprint density at radius 1 is 1.00 bits per heavy atom. The Morgan fingerprint density at radius 3 is 2.40 bits per heavy atom. The molecule has 0 atom stereocenters. The van der Waals surface area contributed by atoms with Gasteiger partial charge >= 0.3 is 0 Å². The van der Waals surface area contributed by atoms with Gasteiger partial charge in [0.15, 0.2) is 17.3 Å². The molecule has 2 heterocycles. The zero-order chi connectivity index (χ0) is 18.0. The lowest BCUT2D eigenvalue weighted by Crippen LogP contribution is -2.08. The molecule has 0 aliphatic carbocycles. The van der Waals surface area contributed by atoms with Crippen LogP contribution >= 0.6 is 0 Å². The van der Waals surface area contributed by atoms with Gasteiger partial charge in [-0.3, -0.25) is 0 Å². The van der Waals surface area contributed by atoms with Gasteiger partial charge in [0.25, 0.3) is 5.95 Å². The average molecular weight is 340 g/mol. The second-order valence-corrected chi connectivity index (χ2v) is 5.56. The number of rotatable bonds is 5. The minimum atomic E-state index is 0.542. The van der Waals surface area contributed by atoms with E-state index in [0.717, 1.165) is 17.0 Å². The summed E-state index contributed by atoms with van der Waals surface area (Å²) in [4.78, 5) is 0. The fourth-order valence-electron chi connectivity index (χ4n) is 2.50. The fraction of sp³-hybridized carbons (Fsp3) is 0.294. The Bertz CT molecular complexity index is 925. The van der Waals surface area contributed by atoms with Gasteiger partial charge in [-0.2, -0.15) is 14.9 Å². The van der Waals surface area contributed by atoms with Crippen LogP contribution in [0.4, 0.5) is 0 Å². The lowest BCUT2D eigenvalue weighted by molar-refractivity contribution is 0.355. The Kier molecular flexibility index (Phi) is 4.51. The summed E-state index contributed by atoms with van der Waals surface area (Å²) >= 11 is 0. The Labute approximate surface area is 145 Å². The quantitative estimate of drug-likeness (QED) is 0.666. The van der Waals surface area contributed by atoms with Crippen molar-refractivity contribution in [2.75, 3.05) is 14.2 Å². The van der Waals surface area contributed by atoms with Crippen molar-refractivity contribution in [1.29, 1.82) is 0 Å². The van der Waals surface area contributed by atoms with E-state index in [2.05, 4.69) is 20.4 Å². The lowest BCUT2D eigenvalue weighted by atomic mass is 10.2. The van der Waals surface area contributed by atoms with Crippen LogP contribution in [0.25, 0.3) is 5.95 Å². The highest BCUT2D eigenvalue weighted by Crippen LogP contribution is 2.26. The van der Waals surface area contributed by atoms with E-state index in [-0.39, 0.29) is 0 Å². The van der Waals surface area contributed by atoms with E-state index < -0.39 is 0 Å². The van der Waals surface area contributed by atoms with Crippen molar-refractivity contribution in [2.24, 2.45) is 5.10 Å². The molecule has 8 heteroatoms. The van der Waals surface area contributed by atoms with Crippen LogP contribution < -0.4 is 9.47 Å². The number of nitrogens with zero attached hydrogens (tertiary/aromatic N) is 6. The highest BCUT2D eigenvalue weighted by atomic mass is 16.5. The van der Waals surface area contributed by atoms with Crippen molar-refractivity contribution in [3.63, 3.8) is 0 Å². The van der Waals surface area contributed by atoms with Crippen molar-refractivity contribution in [1.82, 2.24) is 24.7 Å². The lowest BCUT2D eigenvalue weighted by Gasteiger charge is -2.07. The molecule has 0 fully saturated rings. The minimum Gasteiger partial charge on any atom is -0.493 e. The van der Waals surface area contributed by atoms with Gasteiger partial charge < -0.3 is 9.47 Å². The first-order valence-corrected chi connectivity index (χ1v) is 7.75. The van der Waals surface area contributed by atoms with Gasteiger partial charge in [0.1, 0.15) is 0 Å². The predicted octanol–water partition coefficient (Wildman–Crippen LogP) is 2.29. The molecular weight excluding hydrogens is 320 g/mol. The SMILES string of the molecule is COc1ccc(/C=N\n2c(C)nnc2-n2nc(C)cc2C)cc1OC. The summed E-state index contributed by atoms with van der Waals surface area (Å²) in [5.41, 5.74) is 2.74. The maximum Gasteiger partial charge on any atom is 0.273 e. The van der Waals surface area contributed by atoms with Crippen LogP contribution in [-0.4, -0.2) is 45.1 Å². The van der Waals surface area contributed by atoms with Gasteiger partial charge in [0, 0.05) is 5.69 Å². The van der Waals surface area contributed by atoms with Crippen molar-refractivity contribution in [3.8, 4) is 17.4 Å². The standard InChI is InChI=1S/C17H20N6O2/c1-11-8-12(2)22(21-11)17-20-19-13(3)23(17)18-10-14-6-7-15(24-4)16(9-14)25-5/h6-10H,1-5H3/b18-10-. The topological polar surface area (TPSA) is 79.4 Å². The fourth-order valence-corrected chi connectivity index (χ4v) is 2.50. The van der Waals surface area contributed by atoms with Crippen LogP contribution in [0.2, 0.25) is 0 Å². The van der Waals surface area contributed by atoms with Crippen molar-refractivity contribution in [3.05, 3.63) is 47.0 Å². The summed E-state index contributed by atoms with van der Waals surface area (Å²) in [5, 5.41) is 17.2. The van der Waals surface area contributed by atoms with Gasteiger partial charge in [0.05, 0.1) is 26.1 Å². The predicted molar refractivity (Wildman–Crippen MR) is 93.9 cm³/mol. The van der Waals surface area contributed by atoms with E-state index in [1.165, 1.54) is 0 Å². The molecular formula is C17H20N6O2. The van der Waals surface area contributed by atoms with Crippen LogP contribution in [0.15, 0.2) is 29.4 Å². The third kappa shape index (κ3) is 3.23. The molecule has 0 saturated heterocycles. The molecule has 0 amide bonds. The van der Waals surface area contributed by atoms with E-state index in [1.807, 2.05) is 45.0 Å². The summed E-state index contributed by atoms with van der Waals surface area (Å²) in [6.45, 7) is 5.74. The molecule has 0 spiro atoms. The second-order valence-electron chi connectivity index (χ2n) is 5.56. The Hall–Kier alpha value is -3.16. The van der Waals surface area contributed by atoms with Crippen LogP contribution in [0.1, 0.15) is 22.8 Å². The Morgan fingerprint density at radius 2 is 1.76 bits per heavy atom. The largest absolute Gasteiger partial charge is 0.493 e. The molecule has 0 N–H and O–H groups in total. The maximum absolute atomic E-state index is 5.32. The third-order valence-electron chi connectivity index (χ3n) is 3.71. The summed E-state index contributed by atoms with van der Waals surface area (Å²) in [5.74, 6) is 2.52. The number of aromatic nitrogens is 5. The van der Waals surface area contributed by atoms with E-state index in [1.54, 1.807) is 29.8 Å². The Balaban J connectivity index is 1.97. The molecule has 1 aromatic carbocycles. The van der Waals surface area contributed by atoms with Gasteiger partial charge in [-0.15, -0.1) is 10.2 Å². The van der Waals surface area contributed by atoms with Crippen LogP contribution in [0.5, 0.6) is 11.5 Å². The third-order valence-corrected chi connectivity index (χ3v) is 3.71. The molecule has 0 unspecified atom stereocenters. The molecule has 3 rings (SSSR count). The van der Waals surface area contributed by atoms with E-state index in [4.69, 9.17) is 9.47 Å². The molecule has 0 aliphatic heterocycles. The molecule has 0 saturated carbocycles. The summed E-state index contributed by atoms with van der Waals surface area (Å²) in [6.07, 6.45) is 1.72.